The fraction of sp³-hybridized carbons (Fsp3) is 0.412. The standard InChI is InChI=1S/C17H17F4N3O/c18-14-9-22-16(23-10-14)25-15-5-7-24(8-6-15)11-12-1-3-13(4-2-12)17(19,20)21/h1-4,9-10,15H,5-8,11H2. The van der Waals surface area contributed by atoms with Crippen LogP contribution in [-0.4, -0.2) is 34.1 Å². The van der Waals surface area contributed by atoms with E-state index in [0.717, 1.165) is 56.0 Å². The molecule has 1 aliphatic rings. The third kappa shape index (κ3) is 4.88. The summed E-state index contributed by atoms with van der Waals surface area (Å²) in [5.41, 5.74) is 0.205. The number of nitrogens with zero attached hydrogens (tertiary/aromatic N) is 3. The molecule has 1 aromatic heterocycles. The first kappa shape index (κ1) is 17.6. The minimum absolute atomic E-state index is 0.0469. The summed E-state index contributed by atoms with van der Waals surface area (Å²) in [7, 11) is 0. The van der Waals surface area contributed by atoms with E-state index in [9.17, 15) is 17.6 Å². The van der Waals surface area contributed by atoms with Crippen LogP contribution in [0.3, 0.4) is 0 Å². The second-order valence-electron chi connectivity index (χ2n) is 5.97. The maximum atomic E-state index is 12.8. The third-order valence-corrected chi connectivity index (χ3v) is 4.09. The molecule has 1 fully saturated rings. The molecule has 0 spiro atoms. The van der Waals surface area contributed by atoms with Gasteiger partial charge in [-0.25, -0.2) is 14.4 Å². The number of hydrogen-bond acceptors (Lipinski definition) is 4. The van der Waals surface area contributed by atoms with Crippen molar-refractivity contribution in [3.8, 4) is 6.01 Å². The quantitative estimate of drug-likeness (QED) is 0.785. The fourth-order valence-electron chi connectivity index (χ4n) is 2.75. The Morgan fingerprint density at radius 3 is 2.20 bits per heavy atom. The van der Waals surface area contributed by atoms with E-state index < -0.39 is 17.6 Å². The van der Waals surface area contributed by atoms with Gasteiger partial charge in [-0.05, 0) is 30.5 Å². The Hall–Kier alpha value is -2.22. The molecule has 0 atom stereocenters. The Labute approximate surface area is 142 Å². The smallest absolute Gasteiger partial charge is 0.416 e. The summed E-state index contributed by atoms with van der Waals surface area (Å²) in [4.78, 5) is 9.71. The normalized spacial score (nSPS) is 16.8. The molecule has 1 aliphatic heterocycles. The number of ether oxygens (including phenoxy) is 1. The molecule has 2 aromatic rings. The van der Waals surface area contributed by atoms with Crippen LogP contribution in [0.1, 0.15) is 24.0 Å². The summed E-state index contributed by atoms with van der Waals surface area (Å²) in [6.07, 6.45) is -0.738. The van der Waals surface area contributed by atoms with Gasteiger partial charge < -0.3 is 4.74 Å². The molecular formula is C17H17F4N3O. The highest BCUT2D eigenvalue weighted by atomic mass is 19.4. The number of alkyl halides is 3. The van der Waals surface area contributed by atoms with Crippen LogP contribution < -0.4 is 4.74 Å². The van der Waals surface area contributed by atoms with Gasteiger partial charge in [0.25, 0.3) is 0 Å². The van der Waals surface area contributed by atoms with Crippen molar-refractivity contribution in [2.45, 2.75) is 31.7 Å². The van der Waals surface area contributed by atoms with E-state index in [1.54, 1.807) is 0 Å². The zero-order chi connectivity index (χ0) is 17.9. The Balaban J connectivity index is 1.48. The molecule has 1 aromatic carbocycles. The molecule has 134 valence electrons. The first-order chi connectivity index (χ1) is 11.9. The monoisotopic (exact) mass is 355 g/mol. The SMILES string of the molecule is Fc1cnc(OC2CCN(Cc3ccc(C(F)(F)F)cc3)CC2)nc1. The van der Waals surface area contributed by atoms with Crippen molar-refractivity contribution in [2.75, 3.05) is 13.1 Å². The number of rotatable bonds is 4. The third-order valence-electron chi connectivity index (χ3n) is 4.09. The zero-order valence-corrected chi connectivity index (χ0v) is 13.3. The van der Waals surface area contributed by atoms with Crippen molar-refractivity contribution >= 4 is 0 Å². The van der Waals surface area contributed by atoms with Gasteiger partial charge in [-0.2, -0.15) is 13.2 Å². The van der Waals surface area contributed by atoms with Gasteiger partial charge >= 0.3 is 12.2 Å². The highest BCUT2D eigenvalue weighted by Crippen LogP contribution is 2.29. The van der Waals surface area contributed by atoms with Crippen LogP contribution >= 0.6 is 0 Å². The summed E-state index contributed by atoms with van der Waals surface area (Å²) in [6, 6.07) is 5.39. The summed E-state index contributed by atoms with van der Waals surface area (Å²) >= 11 is 0. The number of aromatic nitrogens is 2. The van der Waals surface area contributed by atoms with Gasteiger partial charge in [-0.15, -0.1) is 0 Å². The lowest BCUT2D eigenvalue weighted by molar-refractivity contribution is -0.137. The van der Waals surface area contributed by atoms with Gasteiger partial charge in [0.1, 0.15) is 6.10 Å². The number of piperidine rings is 1. The Bertz CT molecular complexity index is 681. The average Bonchev–Trinajstić information content (AvgIpc) is 2.58. The molecule has 0 bridgehead atoms. The minimum atomic E-state index is -4.31. The molecule has 3 rings (SSSR count). The van der Waals surface area contributed by atoms with Crippen molar-refractivity contribution in [1.29, 1.82) is 0 Å². The summed E-state index contributed by atoms with van der Waals surface area (Å²) in [5.74, 6) is -0.515. The Morgan fingerprint density at radius 1 is 1.04 bits per heavy atom. The second-order valence-corrected chi connectivity index (χ2v) is 5.97. The molecule has 4 nitrogen and oxygen atoms in total. The molecule has 0 aliphatic carbocycles. The van der Waals surface area contributed by atoms with Gasteiger partial charge in [0, 0.05) is 19.6 Å². The maximum Gasteiger partial charge on any atom is 0.416 e. The van der Waals surface area contributed by atoms with Gasteiger partial charge in [-0.3, -0.25) is 4.90 Å². The minimum Gasteiger partial charge on any atom is -0.460 e. The van der Waals surface area contributed by atoms with E-state index in [-0.39, 0.29) is 12.1 Å². The highest BCUT2D eigenvalue weighted by Gasteiger charge is 2.30. The molecule has 8 heteroatoms. The second kappa shape index (κ2) is 7.35. The molecule has 0 saturated carbocycles. The highest BCUT2D eigenvalue weighted by molar-refractivity contribution is 5.24. The number of halogens is 4. The average molecular weight is 355 g/mol. The van der Waals surface area contributed by atoms with Crippen LogP contribution in [0.5, 0.6) is 6.01 Å². The number of likely N-dealkylation sites (tertiary alicyclic amines) is 1. The molecular weight excluding hydrogens is 338 g/mol. The number of hydrogen-bond donors (Lipinski definition) is 0. The van der Waals surface area contributed by atoms with Crippen LogP contribution in [0.2, 0.25) is 0 Å². The first-order valence-corrected chi connectivity index (χ1v) is 7.93. The van der Waals surface area contributed by atoms with Gasteiger partial charge in [0.2, 0.25) is 0 Å². The predicted octanol–water partition coefficient (Wildman–Crippen LogP) is 3.68. The van der Waals surface area contributed by atoms with Crippen molar-refractivity contribution in [3.63, 3.8) is 0 Å². The molecule has 0 radical (unpaired) electrons. The predicted molar refractivity (Wildman–Crippen MR) is 82.4 cm³/mol. The lowest BCUT2D eigenvalue weighted by Gasteiger charge is -2.31. The molecule has 25 heavy (non-hydrogen) atoms. The van der Waals surface area contributed by atoms with E-state index in [0.29, 0.717) is 6.54 Å². The molecule has 0 N–H and O–H groups in total. The fourth-order valence-corrected chi connectivity index (χ4v) is 2.75. The van der Waals surface area contributed by atoms with Crippen molar-refractivity contribution in [1.82, 2.24) is 14.9 Å². The van der Waals surface area contributed by atoms with Crippen molar-refractivity contribution < 1.29 is 22.3 Å². The first-order valence-electron chi connectivity index (χ1n) is 7.93. The van der Waals surface area contributed by atoms with Gasteiger partial charge in [-0.1, -0.05) is 12.1 Å². The van der Waals surface area contributed by atoms with E-state index in [2.05, 4.69) is 14.9 Å². The number of benzene rings is 1. The molecule has 0 unspecified atom stereocenters. The van der Waals surface area contributed by atoms with Crippen LogP contribution in [0, 0.1) is 5.82 Å². The van der Waals surface area contributed by atoms with Crippen LogP contribution in [0.15, 0.2) is 36.7 Å². The van der Waals surface area contributed by atoms with E-state index in [1.807, 2.05) is 0 Å². The molecule has 0 amide bonds. The molecule has 1 saturated heterocycles. The van der Waals surface area contributed by atoms with Gasteiger partial charge in [0.15, 0.2) is 5.82 Å². The van der Waals surface area contributed by atoms with Crippen LogP contribution in [0.25, 0.3) is 0 Å². The summed E-state index contributed by atoms with van der Waals surface area (Å²) in [6.45, 7) is 2.11. The Kier molecular flexibility index (Phi) is 5.17. The lowest BCUT2D eigenvalue weighted by atomic mass is 10.1. The Morgan fingerprint density at radius 2 is 1.64 bits per heavy atom. The largest absolute Gasteiger partial charge is 0.460 e. The van der Waals surface area contributed by atoms with E-state index >= 15 is 0 Å². The lowest BCUT2D eigenvalue weighted by Crippen LogP contribution is -2.38. The van der Waals surface area contributed by atoms with Crippen LogP contribution in [0.4, 0.5) is 17.6 Å². The van der Waals surface area contributed by atoms with Crippen molar-refractivity contribution in [3.05, 3.63) is 53.6 Å². The van der Waals surface area contributed by atoms with E-state index in [4.69, 9.17) is 4.74 Å². The summed E-state index contributed by atoms with van der Waals surface area (Å²) in [5, 5.41) is 0. The maximum absolute atomic E-state index is 12.8. The zero-order valence-electron chi connectivity index (χ0n) is 13.3. The topological polar surface area (TPSA) is 38.2 Å². The molecule has 2 heterocycles. The van der Waals surface area contributed by atoms with Gasteiger partial charge in [0.05, 0.1) is 18.0 Å². The van der Waals surface area contributed by atoms with E-state index in [1.165, 1.54) is 12.1 Å². The van der Waals surface area contributed by atoms with Crippen LogP contribution in [-0.2, 0) is 12.7 Å². The van der Waals surface area contributed by atoms with Crippen molar-refractivity contribution in [2.24, 2.45) is 0 Å². The summed E-state index contributed by atoms with van der Waals surface area (Å²) < 4.78 is 56.1.